The van der Waals surface area contributed by atoms with Crippen LogP contribution in [-0.2, 0) is 0 Å². The highest BCUT2D eigenvalue weighted by molar-refractivity contribution is 5.91. The maximum absolute atomic E-state index is 14.9. The fraction of sp³-hybridized carbons (Fsp3) is 0.387. The van der Waals surface area contributed by atoms with Crippen LogP contribution in [0.1, 0.15) is 85.7 Å². The van der Waals surface area contributed by atoms with E-state index in [2.05, 4.69) is 0 Å². The van der Waals surface area contributed by atoms with Gasteiger partial charge in [-0.1, -0.05) is 25.5 Å². The van der Waals surface area contributed by atoms with Crippen LogP contribution in [0.3, 0.4) is 0 Å². The van der Waals surface area contributed by atoms with E-state index in [1.807, 2.05) is 6.92 Å². The minimum Gasteiger partial charge on any atom is -0.491 e. The van der Waals surface area contributed by atoms with Gasteiger partial charge in [-0.15, -0.1) is 0 Å². The van der Waals surface area contributed by atoms with E-state index in [4.69, 9.17) is 14.2 Å². The Balaban J connectivity index is 1.40. The molecule has 0 unspecified atom stereocenters. The Morgan fingerprint density at radius 2 is 1.35 bits per heavy atom. The van der Waals surface area contributed by atoms with Crippen LogP contribution in [0, 0.1) is 29.1 Å². The molecule has 1 aliphatic carbocycles. The molecule has 3 aromatic carbocycles. The second kappa shape index (κ2) is 13.2. The first kappa shape index (κ1) is 29.4. The Hall–Kier alpha value is -3.62. The fourth-order valence-electron chi connectivity index (χ4n) is 5.00. The molecular weight excluding hydrogens is 531 g/mol. The third-order valence-electron chi connectivity index (χ3n) is 7.20. The number of benzene rings is 3. The smallest absolute Gasteiger partial charge is 0.346 e. The monoisotopic (exact) mass is 562 g/mol. The van der Waals surface area contributed by atoms with Gasteiger partial charge in [-0.2, -0.15) is 13.2 Å². The molecule has 3 aromatic rings. The number of esters is 1. The minimum absolute atomic E-state index is 0.0433. The lowest BCUT2D eigenvalue weighted by Crippen LogP contribution is -2.16. The van der Waals surface area contributed by atoms with Crippen molar-refractivity contribution in [3.8, 4) is 17.2 Å². The van der Waals surface area contributed by atoms with Crippen LogP contribution in [0.25, 0.3) is 0 Å². The van der Waals surface area contributed by atoms with Gasteiger partial charge in [0.05, 0.1) is 18.8 Å². The first-order valence-corrected chi connectivity index (χ1v) is 13.5. The van der Waals surface area contributed by atoms with Crippen molar-refractivity contribution in [3.05, 3.63) is 88.2 Å². The number of ether oxygens (including phenoxy) is 3. The van der Waals surface area contributed by atoms with E-state index in [0.717, 1.165) is 18.6 Å². The van der Waals surface area contributed by atoms with Gasteiger partial charge in [0.2, 0.25) is 17.5 Å². The highest BCUT2D eigenvalue weighted by Gasteiger charge is 2.28. The summed E-state index contributed by atoms with van der Waals surface area (Å²) in [6, 6.07) is 9.25. The second-order valence-electron chi connectivity index (χ2n) is 9.78. The highest BCUT2D eigenvalue weighted by Crippen LogP contribution is 2.42. The maximum Gasteiger partial charge on any atom is 0.346 e. The predicted molar refractivity (Wildman–Crippen MR) is 140 cm³/mol. The van der Waals surface area contributed by atoms with Gasteiger partial charge in [-0.05, 0) is 92.3 Å². The van der Waals surface area contributed by atoms with E-state index >= 15 is 0 Å². The molecule has 0 heterocycles. The fourth-order valence-corrected chi connectivity index (χ4v) is 5.00. The normalized spacial score (nSPS) is 17.0. The van der Waals surface area contributed by atoms with E-state index in [9.17, 15) is 26.7 Å². The lowest BCUT2D eigenvalue weighted by molar-refractivity contribution is 0.0721. The largest absolute Gasteiger partial charge is 0.491 e. The van der Waals surface area contributed by atoms with Crippen LogP contribution in [-0.4, -0.2) is 19.2 Å². The molecule has 1 aliphatic rings. The summed E-state index contributed by atoms with van der Waals surface area (Å²) < 4.78 is 87.9. The van der Waals surface area contributed by atoms with Gasteiger partial charge < -0.3 is 14.2 Å². The lowest BCUT2D eigenvalue weighted by Gasteiger charge is -2.29. The van der Waals surface area contributed by atoms with Crippen molar-refractivity contribution >= 4 is 5.97 Å². The van der Waals surface area contributed by atoms with Crippen LogP contribution in [0.2, 0.25) is 0 Å². The molecule has 0 aromatic heterocycles. The molecule has 0 atom stereocenters. The van der Waals surface area contributed by atoms with Crippen LogP contribution in [0.5, 0.6) is 17.2 Å². The number of rotatable bonds is 10. The SMILES string of the molecule is CCCCOc1ccc(OC(=O)c2ccc(C3CCC(c4ccc(OCC)c(F)c4F)CC3)cc2F)c(F)c1F. The average molecular weight is 563 g/mol. The molecule has 214 valence electrons. The average Bonchev–Trinajstić information content (AvgIpc) is 2.95. The summed E-state index contributed by atoms with van der Waals surface area (Å²) in [5.74, 6) is -7.94. The van der Waals surface area contributed by atoms with E-state index < -0.39 is 46.4 Å². The number of hydrogen-bond acceptors (Lipinski definition) is 4. The molecule has 4 nitrogen and oxygen atoms in total. The van der Waals surface area contributed by atoms with Gasteiger partial charge in [0, 0.05) is 0 Å². The molecule has 9 heteroatoms. The molecule has 0 amide bonds. The van der Waals surface area contributed by atoms with Gasteiger partial charge >= 0.3 is 5.97 Å². The minimum atomic E-state index is -1.40. The number of carbonyl (C=O) groups is 1. The van der Waals surface area contributed by atoms with Gasteiger partial charge in [0.1, 0.15) is 5.82 Å². The molecule has 0 N–H and O–H groups in total. The summed E-state index contributed by atoms with van der Waals surface area (Å²) in [4.78, 5) is 12.5. The highest BCUT2D eigenvalue weighted by atomic mass is 19.2. The second-order valence-corrected chi connectivity index (χ2v) is 9.78. The first-order chi connectivity index (χ1) is 19.2. The Labute approximate surface area is 230 Å². The molecule has 0 spiro atoms. The van der Waals surface area contributed by atoms with Crippen molar-refractivity contribution in [3.63, 3.8) is 0 Å². The van der Waals surface area contributed by atoms with Crippen molar-refractivity contribution in [2.24, 2.45) is 0 Å². The maximum atomic E-state index is 14.9. The zero-order chi connectivity index (χ0) is 28.8. The molecule has 0 saturated heterocycles. The van der Waals surface area contributed by atoms with Crippen molar-refractivity contribution in [1.82, 2.24) is 0 Å². The van der Waals surface area contributed by atoms with Gasteiger partial charge in [0.15, 0.2) is 23.1 Å². The summed E-state index contributed by atoms with van der Waals surface area (Å²) >= 11 is 0. The van der Waals surface area contributed by atoms with E-state index in [1.54, 1.807) is 19.1 Å². The standard InChI is InChI=1S/C31H31F5O4/c1-3-5-16-39-25-14-15-26(30(36)29(25)35)40-31(37)22-11-10-20(17-23(22)32)18-6-8-19(9-7-18)21-12-13-24(38-4-2)28(34)27(21)33/h10-15,17-19H,3-9,16H2,1-2H3. The third-order valence-corrected chi connectivity index (χ3v) is 7.20. The Morgan fingerprint density at radius 3 is 2.02 bits per heavy atom. The van der Waals surface area contributed by atoms with Crippen molar-refractivity contribution in [1.29, 1.82) is 0 Å². The number of unbranched alkanes of at least 4 members (excludes halogenated alkanes) is 1. The van der Waals surface area contributed by atoms with E-state index in [-0.39, 0.29) is 36.5 Å². The van der Waals surface area contributed by atoms with E-state index in [1.165, 1.54) is 18.2 Å². The molecule has 1 fully saturated rings. The van der Waals surface area contributed by atoms with E-state index in [0.29, 0.717) is 43.2 Å². The number of halogens is 5. The molecule has 40 heavy (non-hydrogen) atoms. The zero-order valence-corrected chi connectivity index (χ0v) is 22.4. The zero-order valence-electron chi connectivity index (χ0n) is 22.4. The molecule has 1 saturated carbocycles. The van der Waals surface area contributed by atoms with Gasteiger partial charge in [-0.3, -0.25) is 0 Å². The lowest BCUT2D eigenvalue weighted by atomic mass is 9.76. The van der Waals surface area contributed by atoms with Crippen molar-refractivity contribution in [2.75, 3.05) is 13.2 Å². The third kappa shape index (κ3) is 6.40. The van der Waals surface area contributed by atoms with Gasteiger partial charge in [-0.25, -0.2) is 13.6 Å². The molecule has 0 aliphatic heterocycles. The number of carbonyl (C=O) groups excluding carboxylic acids is 1. The topological polar surface area (TPSA) is 44.8 Å². The molecule has 4 rings (SSSR count). The van der Waals surface area contributed by atoms with Crippen LogP contribution < -0.4 is 14.2 Å². The molecular formula is C31H31F5O4. The summed E-state index contributed by atoms with van der Waals surface area (Å²) in [5.41, 5.74) is 0.525. The van der Waals surface area contributed by atoms with Crippen LogP contribution in [0.15, 0.2) is 42.5 Å². The quantitative estimate of drug-likeness (QED) is 0.107. The summed E-state index contributed by atoms with van der Waals surface area (Å²) in [7, 11) is 0. The summed E-state index contributed by atoms with van der Waals surface area (Å²) in [5, 5.41) is 0. The van der Waals surface area contributed by atoms with Crippen molar-refractivity contribution in [2.45, 2.75) is 64.2 Å². The van der Waals surface area contributed by atoms with Crippen LogP contribution >= 0.6 is 0 Å². The Bertz CT molecular complexity index is 1350. The van der Waals surface area contributed by atoms with Gasteiger partial charge in [0.25, 0.3) is 0 Å². The summed E-state index contributed by atoms with van der Waals surface area (Å²) in [6.07, 6.45) is 3.84. The Morgan fingerprint density at radius 1 is 0.750 bits per heavy atom. The van der Waals surface area contributed by atoms with Crippen molar-refractivity contribution < 1.29 is 41.0 Å². The number of hydrogen-bond donors (Lipinski definition) is 0. The molecule has 0 bridgehead atoms. The predicted octanol–water partition coefficient (Wildman–Crippen LogP) is 8.62. The first-order valence-electron chi connectivity index (χ1n) is 13.5. The summed E-state index contributed by atoms with van der Waals surface area (Å²) in [6.45, 7) is 4.05. The molecule has 0 radical (unpaired) electrons. The Kier molecular flexibility index (Phi) is 9.66. The van der Waals surface area contributed by atoms with Crippen LogP contribution in [0.4, 0.5) is 22.0 Å².